The van der Waals surface area contributed by atoms with E-state index in [4.69, 9.17) is 0 Å². The maximum absolute atomic E-state index is 13.0. The van der Waals surface area contributed by atoms with Crippen molar-refractivity contribution < 1.29 is 4.79 Å². The Bertz CT molecular complexity index is 977. The first-order valence-corrected chi connectivity index (χ1v) is 12.3. The van der Waals surface area contributed by atoms with Gasteiger partial charge in [0.05, 0.1) is 12.1 Å². The Morgan fingerprint density at radius 3 is 3.00 bits per heavy atom. The molecule has 1 fully saturated rings. The van der Waals surface area contributed by atoms with Crippen molar-refractivity contribution >= 4 is 28.6 Å². The third kappa shape index (κ3) is 4.00. The van der Waals surface area contributed by atoms with Crippen LogP contribution in [0.5, 0.6) is 0 Å². The summed E-state index contributed by atoms with van der Waals surface area (Å²) in [6, 6.07) is 2.08. The smallest absolute Gasteiger partial charge is 0.228 e. The third-order valence-electron chi connectivity index (χ3n) is 5.93. The van der Waals surface area contributed by atoms with Crippen molar-refractivity contribution in [1.82, 2.24) is 24.6 Å². The first-order chi connectivity index (χ1) is 14.3. The van der Waals surface area contributed by atoms with E-state index >= 15 is 0 Å². The number of likely N-dealkylation sites (tertiary alicyclic amines) is 1. The van der Waals surface area contributed by atoms with Crippen LogP contribution in [-0.4, -0.2) is 43.6 Å². The largest absolute Gasteiger partial charge is 0.342 e. The van der Waals surface area contributed by atoms with Crippen LogP contribution in [0.1, 0.15) is 55.4 Å². The quantitative estimate of drug-likeness (QED) is 0.628. The molecule has 29 heavy (non-hydrogen) atoms. The van der Waals surface area contributed by atoms with E-state index in [9.17, 15) is 4.79 Å². The van der Waals surface area contributed by atoms with Crippen LogP contribution in [0, 0.1) is 0 Å². The Labute approximate surface area is 178 Å². The van der Waals surface area contributed by atoms with E-state index in [1.165, 1.54) is 19.3 Å². The number of carbonyl (C=O) groups is 1. The topological polar surface area (TPSA) is 63.9 Å². The molecule has 1 atom stereocenters. The molecule has 0 saturated carbocycles. The van der Waals surface area contributed by atoms with Crippen molar-refractivity contribution in [1.29, 1.82) is 0 Å². The maximum Gasteiger partial charge on any atom is 0.228 e. The molecule has 1 saturated heterocycles. The number of fused-ring (bicyclic) bond motifs is 1. The first kappa shape index (κ1) is 18.9. The third-order valence-corrected chi connectivity index (χ3v) is 7.55. The van der Waals surface area contributed by atoms with Gasteiger partial charge in [0.25, 0.3) is 0 Å². The van der Waals surface area contributed by atoms with Gasteiger partial charge >= 0.3 is 0 Å². The average molecular weight is 428 g/mol. The first-order valence-electron chi connectivity index (χ1n) is 10.4. The summed E-state index contributed by atoms with van der Waals surface area (Å²) in [6.45, 7) is 2.60. The number of piperidine rings is 1. The Morgan fingerprint density at radius 1 is 1.14 bits per heavy atom. The number of hydrogen-bond donors (Lipinski definition) is 0. The second-order valence-corrected chi connectivity index (χ2v) is 9.59. The van der Waals surface area contributed by atoms with E-state index in [0.29, 0.717) is 12.3 Å². The van der Waals surface area contributed by atoms with Crippen molar-refractivity contribution in [3.8, 4) is 10.6 Å². The fraction of sp³-hybridized carbons (Fsp3) is 0.524. The molecule has 0 N–H and O–H groups in total. The zero-order valence-electron chi connectivity index (χ0n) is 16.4. The van der Waals surface area contributed by atoms with Crippen LogP contribution >= 0.6 is 22.7 Å². The number of hydrogen-bond acceptors (Lipinski definition) is 6. The van der Waals surface area contributed by atoms with Gasteiger partial charge in [0, 0.05) is 48.3 Å². The van der Waals surface area contributed by atoms with E-state index in [2.05, 4.69) is 36.6 Å². The van der Waals surface area contributed by atoms with Crippen LogP contribution < -0.4 is 0 Å². The Morgan fingerprint density at radius 2 is 2.10 bits per heavy atom. The van der Waals surface area contributed by atoms with Gasteiger partial charge in [0.15, 0.2) is 0 Å². The highest BCUT2D eigenvalue weighted by Crippen LogP contribution is 2.29. The fourth-order valence-corrected chi connectivity index (χ4v) is 5.93. The molecular formula is C21H25N5OS2. The number of amides is 1. The molecule has 2 aliphatic rings. The van der Waals surface area contributed by atoms with Crippen molar-refractivity contribution in [3.63, 3.8) is 0 Å². The van der Waals surface area contributed by atoms with Crippen LogP contribution in [0.25, 0.3) is 10.6 Å². The van der Waals surface area contributed by atoms with Crippen LogP contribution in [0.3, 0.4) is 0 Å². The molecule has 0 unspecified atom stereocenters. The highest BCUT2D eigenvalue weighted by Gasteiger charge is 2.29. The summed E-state index contributed by atoms with van der Waals surface area (Å²) >= 11 is 3.28. The summed E-state index contributed by atoms with van der Waals surface area (Å²) in [5.41, 5.74) is 2.02. The second kappa shape index (κ2) is 8.36. The molecule has 0 aliphatic carbocycles. The Balaban J connectivity index is 1.26. The standard InChI is InChI=1S/C21H25N5OS2/c27-19(11-17-14-29-21(22-17)16-7-10-28-13-16)25-8-4-5-15(12-25)20-24-23-18-6-2-1-3-9-26(18)20/h7,10,13-15H,1-6,8-9,11-12H2/t15-/m1/s1. The molecule has 6 nitrogen and oxygen atoms in total. The summed E-state index contributed by atoms with van der Waals surface area (Å²) in [5, 5.41) is 16.2. The Hall–Kier alpha value is -2.06. The predicted octanol–water partition coefficient (Wildman–Crippen LogP) is 4.14. The molecule has 5 heterocycles. The number of aromatic nitrogens is 4. The summed E-state index contributed by atoms with van der Waals surface area (Å²) in [7, 11) is 0. The SMILES string of the molecule is O=C(Cc1csc(-c2ccsc2)n1)N1CCC[C@@H](c2nnc3n2CCCCC3)C1. The molecule has 0 aromatic carbocycles. The van der Waals surface area contributed by atoms with Crippen molar-refractivity contribution in [2.45, 2.75) is 57.4 Å². The number of carbonyl (C=O) groups excluding carboxylic acids is 1. The fourth-order valence-electron chi connectivity index (χ4n) is 4.40. The van der Waals surface area contributed by atoms with Crippen molar-refractivity contribution in [2.24, 2.45) is 0 Å². The highest BCUT2D eigenvalue weighted by molar-refractivity contribution is 7.14. The molecule has 152 valence electrons. The number of thiophene rings is 1. The molecular weight excluding hydrogens is 402 g/mol. The second-order valence-electron chi connectivity index (χ2n) is 7.95. The number of rotatable bonds is 4. The lowest BCUT2D eigenvalue weighted by molar-refractivity contribution is -0.131. The van der Waals surface area contributed by atoms with Crippen LogP contribution in [0.2, 0.25) is 0 Å². The molecule has 3 aromatic rings. The molecule has 0 radical (unpaired) electrons. The van der Waals surface area contributed by atoms with Gasteiger partial charge < -0.3 is 9.47 Å². The summed E-state index contributed by atoms with van der Waals surface area (Å²) in [6.07, 6.45) is 7.18. The van der Waals surface area contributed by atoms with Crippen LogP contribution in [-0.2, 0) is 24.2 Å². The van der Waals surface area contributed by atoms with Gasteiger partial charge in [-0.15, -0.1) is 21.5 Å². The van der Waals surface area contributed by atoms with E-state index in [-0.39, 0.29) is 5.91 Å². The van der Waals surface area contributed by atoms with Gasteiger partial charge in [-0.05, 0) is 37.1 Å². The van der Waals surface area contributed by atoms with E-state index in [1.54, 1.807) is 22.7 Å². The van der Waals surface area contributed by atoms with E-state index in [1.807, 2.05) is 10.3 Å². The lowest BCUT2D eigenvalue weighted by Gasteiger charge is -2.32. The van der Waals surface area contributed by atoms with Gasteiger partial charge in [-0.2, -0.15) is 11.3 Å². The minimum atomic E-state index is 0.174. The van der Waals surface area contributed by atoms with Gasteiger partial charge in [0.2, 0.25) is 5.91 Å². The highest BCUT2D eigenvalue weighted by atomic mass is 32.1. The Kier molecular flexibility index (Phi) is 5.46. The van der Waals surface area contributed by atoms with Gasteiger partial charge in [-0.3, -0.25) is 4.79 Å². The van der Waals surface area contributed by atoms with E-state index in [0.717, 1.165) is 66.8 Å². The number of aryl methyl sites for hydroxylation is 1. The summed E-state index contributed by atoms with van der Waals surface area (Å²) in [5.74, 6) is 2.69. The molecule has 3 aromatic heterocycles. The predicted molar refractivity (Wildman–Crippen MR) is 115 cm³/mol. The van der Waals surface area contributed by atoms with Gasteiger partial charge in [-0.1, -0.05) is 6.42 Å². The zero-order chi connectivity index (χ0) is 19.6. The lowest BCUT2D eigenvalue weighted by Crippen LogP contribution is -2.40. The van der Waals surface area contributed by atoms with Crippen LogP contribution in [0.4, 0.5) is 0 Å². The molecule has 2 aliphatic heterocycles. The normalized spacial score (nSPS) is 19.7. The lowest BCUT2D eigenvalue weighted by atomic mass is 9.96. The molecule has 0 bridgehead atoms. The number of nitrogens with zero attached hydrogens (tertiary/aromatic N) is 5. The molecule has 5 rings (SSSR count). The van der Waals surface area contributed by atoms with Crippen molar-refractivity contribution in [3.05, 3.63) is 39.5 Å². The summed E-state index contributed by atoms with van der Waals surface area (Å²) in [4.78, 5) is 19.7. The zero-order valence-corrected chi connectivity index (χ0v) is 18.1. The minimum absolute atomic E-state index is 0.174. The average Bonchev–Trinajstić information content (AvgIpc) is 3.47. The molecule has 0 spiro atoms. The molecule has 8 heteroatoms. The maximum atomic E-state index is 13.0. The monoisotopic (exact) mass is 427 g/mol. The number of thiazole rings is 1. The van der Waals surface area contributed by atoms with E-state index < -0.39 is 0 Å². The minimum Gasteiger partial charge on any atom is -0.342 e. The molecule has 1 amide bonds. The van der Waals surface area contributed by atoms with Gasteiger partial charge in [-0.25, -0.2) is 4.98 Å². The van der Waals surface area contributed by atoms with Crippen LogP contribution in [0.15, 0.2) is 22.2 Å². The van der Waals surface area contributed by atoms with Crippen molar-refractivity contribution in [2.75, 3.05) is 13.1 Å². The summed E-state index contributed by atoms with van der Waals surface area (Å²) < 4.78 is 2.33. The van der Waals surface area contributed by atoms with Gasteiger partial charge in [0.1, 0.15) is 16.7 Å².